The van der Waals surface area contributed by atoms with Gasteiger partial charge in [0.2, 0.25) is 5.91 Å². The Hall–Kier alpha value is -0.570. The van der Waals surface area contributed by atoms with Gasteiger partial charge >= 0.3 is 0 Å². The molecule has 0 spiro atoms. The van der Waals surface area contributed by atoms with Crippen molar-refractivity contribution in [3.8, 4) is 0 Å². The van der Waals surface area contributed by atoms with Gasteiger partial charge in [-0.3, -0.25) is 4.79 Å². The second-order valence-electron chi connectivity index (χ2n) is 3.31. The summed E-state index contributed by atoms with van der Waals surface area (Å²) in [6.45, 7) is 3.48. The van der Waals surface area contributed by atoms with Crippen molar-refractivity contribution in [2.24, 2.45) is 5.41 Å². The monoisotopic (exact) mass is 157 g/mol. The summed E-state index contributed by atoms with van der Waals surface area (Å²) in [5, 5.41) is 2.82. The molecule has 1 fully saturated rings. The van der Waals surface area contributed by atoms with Crippen LogP contribution in [0.2, 0.25) is 0 Å². The lowest BCUT2D eigenvalue weighted by molar-refractivity contribution is -0.127. The van der Waals surface area contributed by atoms with Crippen molar-refractivity contribution in [1.82, 2.24) is 5.32 Å². The summed E-state index contributed by atoms with van der Waals surface area (Å²) in [7, 11) is 1.66. The fourth-order valence-corrected chi connectivity index (χ4v) is 1.34. The van der Waals surface area contributed by atoms with Gasteiger partial charge in [-0.2, -0.15) is 0 Å². The van der Waals surface area contributed by atoms with Crippen molar-refractivity contribution in [2.75, 3.05) is 20.3 Å². The summed E-state index contributed by atoms with van der Waals surface area (Å²) in [6.07, 6.45) is 1.77. The number of hydrogen-bond acceptors (Lipinski definition) is 2. The summed E-state index contributed by atoms with van der Waals surface area (Å²) in [5.74, 6) is 0.176. The highest BCUT2D eigenvalue weighted by atomic mass is 16.5. The lowest BCUT2D eigenvalue weighted by Crippen LogP contribution is -2.29. The first-order valence-corrected chi connectivity index (χ1v) is 3.96. The highest BCUT2D eigenvalue weighted by Gasteiger charge is 2.36. The molecular weight excluding hydrogens is 142 g/mol. The molecule has 0 aliphatic carbocycles. The molecule has 1 rings (SSSR count). The number of carbonyl (C=O) groups is 1. The van der Waals surface area contributed by atoms with E-state index in [2.05, 4.69) is 5.32 Å². The van der Waals surface area contributed by atoms with Crippen molar-refractivity contribution >= 4 is 5.91 Å². The Labute approximate surface area is 67.1 Å². The third-order valence-electron chi connectivity index (χ3n) is 2.37. The van der Waals surface area contributed by atoms with Gasteiger partial charge in [0.15, 0.2) is 0 Å². The molecule has 1 amide bonds. The van der Waals surface area contributed by atoms with E-state index in [9.17, 15) is 4.79 Å². The minimum Gasteiger partial charge on any atom is -0.385 e. The number of amides is 1. The molecule has 0 aromatic carbocycles. The molecule has 1 atom stereocenters. The molecule has 1 unspecified atom stereocenters. The van der Waals surface area contributed by atoms with Crippen LogP contribution in [0.3, 0.4) is 0 Å². The standard InChI is InChI=1S/C8H15NO2/c1-8(4-6-11-2)3-5-9-7(8)10/h3-6H2,1-2H3,(H,9,10). The molecule has 64 valence electrons. The lowest BCUT2D eigenvalue weighted by atomic mass is 9.86. The van der Waals surface area contributed by atoms with Crippen LogP contribution in [0.4, 0.5) is 0 Å². The summed E-state index contributed by atoms with van der Waals surface area (Å²) < 4.78 is 4.94. The number of carbonyl (C=O) groups excluding carboxylic acids is 1. The quantitative estimate of drug-likeness (QED) is 0.649. The summed E-state index contributed by atoms with van der Waals surface area (Å²) in [4.78, 5) is 11.2. The van der Waals surface area contributed by atoms with E-state index < -0.39 is 0 Å². The van der Waals surface area contributed by atoms with Gasteiger partial charge in [0, 0.05) is 20.3 Å². The van der Waals surface area contributed by atoms with Crippen LogP contribution in [0.1, 0.15) is 19.8 Å². The largest absolute Gasteiger partial charge is 0.385 e. The van der Waals surface area contributed by atoms with Crippen LogP contribution in [0, 0.1) is 5.41 Å². The molecule has 11 heavy (non-hydrogen) atoms. The third kappa shape index (κ3) is 1.71. The van der Waals surface area contributed by atoms with Crippen LogP contribution in [0.15, 0.2) is 0 Å². The van der Waals surface area contributed by atoms with Crippen molar-refractivity contribution in [3.05, 3.63) is 0 Å². The first-order chi connectivity index (χ1) is 5.19. The number of hydrogen-bond donors (Lipinski definition) is 1. The van der Waals surface area contributed by atoms with Crippen LogP contribution >= 0.6 is 0 Å². The Bertz CT molecular complexity index is 158. The van der Waals surface area contributed by atoms with Crippen molar-refractivity contribution in [3.63, 3.8) is 0 Å². The van der Waals surface area contributed by atoms with Crippen LogP contribution in [0.25, 0.3) is 0 Å². The molecule has 0 aromatic heterocycles. The lowest BCUT2D eigenvalue weighted by Gasteiger charge is -2.18. The predicted molar refractivity (Wildman–Crippen MR) is 42.2 cm³/mol. The van der Waals surface area contributed by atoms with Crippen LogP contribution in [0.5, 0.6) is 0 Å². The third-order valence-corrected chi connectivity index (χ3v) is 2.37. The molecule has 1 saturated heterocycles. The van der Waals surface area contributed by atoms with Crippen molar-refractivity contribution in [2.45, 2.75) is 19.8 Å². The summed E-state index contributed by atoms with van der Waals surface area (Å²) in [6, 6.07) is 0. The van der Waals surface area contributed by atoms with Gasteiger partial charge in [0.25, 0.3) is 0 Å². The van der Waals surface area contributed by atoms with Gasteiger partial charge in [-0.1, -0.05) is 6.92 Å². The van der Waals surface area contributed by atoms with E-state index >= 15 is 0 Å². The second kappa shape index (κ2) is 3.22. The Balaban J connectivity index is 2.44. The summed E-state index contributed by atoms with van der Waals surface area (Å²) in [5.41, 5.74) is -0.171. The highest BCUT2D eigenvalue weighted by molar-refractivity contribution is 5.84. The average Bonchev–Trinajstić information content (AvgIpc) is 2.30. The maximum absolute atomic E-state index is 11.2. The molecule has 1 N–H and O–H groups in total. The minimum absolute atomic E-state index is 0.171. The topological polar surface area (TPSA) is 38.3 Å². The van der Waals surface area contributed by atoms with E-state index in [1.54, 1.807) is 7.11 Å². The van der Waals surface area contributed by atoms with Gasteiger partial charge < -0.3 is 10.1 Å². The number of rotatable bonds is 3. The highest BCUT2D eigenvalue weighted by Crippen LogP contribution is 2.29. The maximum Gasteiger partial charge on any atom is 0.226 e. The van der Waals surface area contributed by atoms with Gasteiger partial charge in [-0.25, -0.2) is 0 Å². The van der Waals surface area contributed by atoms with Gasteiger partial charge in [0.1, 0.15) is 0 Å². The van der Waals surface area contributed by atoms with Crippen molar-refractivity contribution in [1.29, 1.82) is 0 Å². The Morgan fingerprint density at radius 1 is 1.73 bits per heavy atom. The minimum atomic E-state index is -0.171. The van der Waals surface area contributed by atoms with E-state index in [1.165, 1.54) is 0 Å². The normalized spacial score (nSPS) is 30.5. The molecule has 1 aliphatic heterocycles. The van der Waals surface area contributed by atoms with Crippen LogP contribution in [-0.2, 0) is 9.53 Å². The molecule has 1 aliphatic rings. The Morgan fingerprint density at radius 2 is 2.45 bits per heavy atom. The SMILES string of the molecule is COCCC1(C)CCNC1=O. The first kappa shape index (κ1) is 8.53. The molecule has 1 heterocycles. The number of nitrogens with one attached hydrogen (secondary N) is 1. The fourth-order valence-electron chi connectivity index (χ4n) is 1.34. The molecule has 3 heteroatoms. The number of methoxy groups -OCH3 is 1. The zero-order chi connectivity index (χ0) is 8.32. The zero-order valence-electron chi connectivity index (χ0n) is 7.14. The van der Waals surface area contributed by atoms with E-state index in [4.69, 9.17) is 4.74 Å². The van der Waals surface area contributed by atoms with E-state index in [-0.39, 0.29) is 11.3 Å². The smallest absolute Gasteiger partial charge is 0.226 e. The van der Waals surface area contributed by atoms with Gasteiger partial charge in [-0.15, -0.1) is 0 Å². The summed E-state index contributed by atoms with van der Waals surface area (Å²) >= 11 is 0. The van der Waals surface area contributed by atoms with Gasteiger partial charge in [0.05, 0.1) is 5.41 Å². The van der Waals surface area contributed by atoms with Gasteiger partial charge in [-0.05, 0) is 12.8 Å². The average molecular weight is 157 g/mol. The molecule has 0 bridgehead atoms. The van der Waals surface area contributed by atoms with E-state index in [1.807, 2.05) is 6.92 Å². The predicted octanol–water partition coefficient (Wildman–Crippen LogP) is 0.549. The fraction of sp³-hybridized carbons (Fsp3) is 0.875. The Morgan fingerprint density at radius 3 is 2.91 bits per heavy atom. The van der Waals surface area contributed by atoms with Crippen LogP contribution in [-0.4, -0.2) is 26.2 Å². The van der Waals surface area contributed by atoms with Crippen molar-refractivity contribution < 1.29 is 9.53 Å². The molecular formula is C8H15NO2. The number of ether oxygens (including phenoxy) is 1. The maximum atomic E-state index is 11.2. The molecule has 0 aromatic rings. The zero-order valence-corrected chi connectivity index (χ0v) is 7.14. The molecule has 3 nitrogen and oxygen atoms in total. The molecule has 0 radical (unpaired) electrons. The second-order valence-corrected chi connectivity index (χ2v) is 3.31. The molecule has 0 saturated carbocycles. The van der Waals surface area contributed by atoms with Crippen LogP contribution < -0.4 is 5.32 Å². The Kier molecular flexibility index (Phi) is 2.49. The first-order valence-electron chi connectivity index (χ1n) is 3.96. The van der Waals surface area contributed by atoms with E-state index in [0.29, 0.717) is 6.61 Å². The van der Waals surface area contributed by atoms with E-state index in [0.717, 1.165) is 19.4 Å².